The normalized spacial score (nSPS) is 23.3. The fraction of sp³-hybridized carbons (Fsp3) is 0.867. The Morgan fingerprint density at radius 2 is 1.91 bits per heavy atom. The molecule has 2 atom stereocenters. The van der Waals surface area contributed by atoms with Crippen LogP contribution in [0.1, 0.15) is 33.1 Å². The molecule has 0 radical (unpaired) electrons. The van der Waals surface area contributed by atoms with E-state index in [-0.39, 0.29) is 24.2 Å². The molecule has 0 spiro atoms. The number of carbonyl (C=O) groups excluding carboxylic acids is 2. The van der Waals surface area contributed by atoms with Crippen LogP contribution in [0.15, 0.2) is 0 Å². The van der Waals surface area contributed by atoms with Crippen LogP contribution in [0.5, 0.6) is 0 Å². The van der Waals surface area contributed by atoms with Crippen LogP contribution in [0.25, 0.3) is 0 Å². The van der Waals surface area contributed by atoms with Gasteiger partial charge in [-0.1, -0.05) is 0 Å². The van der Waals surface area contributed by atoms with Gasteiger partial charge in [0.1, 0.15) is 0 Å². The lowest BCUT2D eigenvalue weighted by molar-refractivity contribution is -0.0212. The standard InChI is InChI=1S/C15H28N4O3/c1-3-16-14(20)19-8-9-22-13(11-19)10-12(2)17-15(21)18-6-4-5-7-18/h12-13H,3-11H2,1-2H3,(H,16,20)(H,17,21). The van der Waals surface area contributed by atoms with Crippen molar-refractivity contribution in [2.24, 2.45) is 0 Å². The maximum atomic E-state index is 12.1. The van der Waals surface area contributed by atoms with Gasteiger partial charge in [0.25, 0.3) is 0 Å². The molecule has 0 aliphatic carbocycles. The van der Waals surface area contributed by atoms with Crippen molar-refractivity contribution in [3.05, 3.63) is 0 Å². The molecule has 2 fully saturated rings. The van der Waals surface area contributed by atoms with Crippen LogP contribution in [-0.2, 0) is 4.74 Å². The van der Waals surface area contributed by atoms with Gasteiger partial charge in [0.15, 0.2) is 0 Å². The smallest absolute Gasteiger partial charge is 0.317 e. The largest absolute Gasteiger partial charge is 0.374 e. The van der Waals surface area contributed by atoms with Crippen LogP contribution < -0.4 is 10.6 Å². The zero-order chi connectivity index (χ0) is 15.9. The van der Waals surface area contributed by atoms with E-state index in [0.717, 1.165) is 32.4 Å². The molecule has 2 aliphatic heterocycles. The van der Waals surface area contributed by atoms with Crippen molar-refractivity contribution in [3.63, 3.8) is 0 Å². The number of hydrogen-bond acceptors (Lipinski definition) is 3. The molecule has 4 amide bonds. The topological polar surface area (TPSA) is 73.9 Å². The number of nitrogens with one attached hydrogen (secondary N) is 2. The Labute approximate surface area is 132 Å². The van der Waals surface area contributed by atoms with Crippen LogP contribution in [-0.4, -0.2) is 73.3 Å². The minimum atomic E-state index is -0.0374. The van der Waals surface area contributed by atoms with Gasteiger partial charge < -0.3 is 25.2 Å². The number of nitrogens with zero attached hydrogens (tertiary/aromatic N) is 2. The zero-order valence-corrected chi connectivity index (χ0v) is 13.6. The molecule has 0 aromatic heterocycles. The first-order valence-electron chi connectivity index (χ1n) is 8.30. The summed E-state index contributed by atoms with van der Waals surface area (Å²) in [5, 5.41) is 5.84. The summed E-state index contributed by atoms with van der Waals surface area (Å²) in [4.78, 5) is 27.6. The van der Waals surface area contributed by atoms with Crippen molar-refractivity contribution in [1.82, 2.24) is 20.4 Å². The van der Waals surface area contributed by atoms with E-state index in [9.17, 15) is 9.59 Å². The highest BCUT2D eigenvalue weighted by Gasteiger charge is 2.26. The number of likely N-dealkylation sites (tertiary alicyclic amines) is 1. The molecule has 7 heteroatoms. The SMILES string of the molecule is CCNC(=O)N1CCOC(CC(C)NC(=O)N2CCCC2)C1. The summed E-state index contributed by atoms with van der Waals surface area (Å²) < 4.78 is 5.73. The molecule has 2 N–H and O–H groups in total. The zero-order valence-electron chi connectivity index (χ0n) is 13.6. The first kappa shape index (κ1) is 16.9. The lowest BCUT2D eigenvalue weighted by Gasteiger charge is -2.34. The molecular formula is C15H28N4O3. The number of rotatable bonds is 4. The molecule has 0 aromatic rings. The van der Waals surface area contributed by atoms with E-state index in [1.54, 1.807) is 4.90 Å². The first-order valence-corrected chi connectivity index (χ1v) is 8.30. The number of amides is 4. The van der Waals surface area contributed by atoms with Crippen molar-refractivity contribution in [1.29, 1.82) is 0 Å². The maximum Gasteiger partial charge on any atom is 0.317 e. The molecule has 2 unspecified atom stereocenters. The number of carbonyl (C=O) groups is 2. The molecule has 22 heavy (non-hydrogen) atoms. The predicted octanol–water partition coefficient (Wildman–Crippen LogP) is 1.00. The molecule has 126 valence electrons. The molecule has 0 saturated carbocycles. The monoisotopic (exact) mass is 312 g/mol. The number of ether oxygens (including phenoxy) is 1. The van der Waals surface area contributed by atoms with Crippen LogP contribution in [0.2, 0.25) is 0 Å². The summed E-state index contributed by atoms with van der Waals surface area (Å²) in [5.74, 6) is 0. The molecule has 0 bridgehead atoms. The van der Waals surface area contributed by atoms with Crippen LogP contribution in [0.4, 0.5) is 9.59 Å². The summed E-state index contributed by atoms with van der Waals surface area (Å²) in [6.07, 6.45) is 2.88. The van der Waals surface area contributed by atoms with Crippen molar-refractivity contribution in [3.8, 4) is 0 Å². The van der Waals surface area contributed by atoms with Gasteiger partial charge in [-0.2, -0.15) is 0 Å². The van der Waals surface area contributed by atoms with Crippen molar-refractivity contribution >= 4 is 12.1 Å². The number of hydrogen-bond donors (Lipinski definition) is 2. The predicted molar refractivity (Wildman–Crippen MR) is 83.8 cm³/mol. The average molecular weight is 312 g/mol. The number of urea groups is 2. The lowest BCUT2D eigenvalue weighted by Crippen LogP contribution is -2.51. The molecule has 0 aromatic carbocycles. The third kappa shape index (κ3) is 4.76. The van der Waals surface area contributed by atoms with Gasteiger partial charge in [-0.25, -0.2) is 9.59 Å². The van der Waals surface area contributed by atoms with Gasteiger partial charge in [-0.3, -0.25) is 0 Å². The highest BCUT2D eigenvalue weighted by molar-refractivity contribution is 5.75. The van der Waals surface area contributed by atoms with Gasteiger partial charge in [0.2, 0.25) is 0 Å². The van der Waals surface area contributed by atoms with E-state index < -0.39 is 0 Å². The van der Waals surface area contributed by atoms with E-state index in [2.05, 4.69) is 10.6 Å². The summed E-state index contributed by atoms with van der Waals surface area (Å²) in [5.41, 5.74) is 0. The highest BCUT2D eigenvalue weighted by atomic mass is 16.5. The molecule has 2 heterocycles. The summed E-state index contributed by atoms with van der Waals surface area (Å²) in [7, 11) is 0. The molecule has 2 saturated heterocycles. The molecule has 2 rings (SSSR count). The summed E-state index contributed by atoms with van der Waals surface area (Å²) in [6.45, 7) is 7.98. The third-order valence-corrected chi connectivity index (χ3v) is 4.13. The second kappa shape index (κ2) is 8.22. The van der Waals surface area contributed by atoms with Crippen molar-refractivity contribution in [2.45, 2.75) is 45.3 Å². The Bertz CT molecular complexity index is 385. The van der Waals surface area contributed by atoms with Crippen molar-refractivity contribution < 1.29 is 14.3 Å². The second-order valence-electron chi connectivity index (χ2n) is 6.05. The first-order chi connectivity index (χ1) is 10.6. The van der Waals surface area contributed by atoms with Crippen LogP contribution in [0, 0.1) is 0 Å². The van der Waals surface area contributed by atoms with Crippen molar-refractivity contribution in [2.75, 3.05) is 39.3 Å². The van der Waals surface area contributed by atoms with Gasteiger partial charge in [0.05, 0.1) is 12.7 Å². The Hall–Kier alpha value is -1.50. The van der Waals surface area contributed by atoms with E-state index in [1.807, 2.05) is 18.7 Å². The minimum Gasteiger partial charge on any atom is -0.374 e. The lowest BCUT2D eigenvalue weighted by atomic mass is 10.1. The molecule has 2 aliphatic rings. The maximum absolute atomic E-state index is 12.1. The quantitative estimate of drug-likeness (QED) is 0.813. The number of morpholine rings is 1. The molecule has 7 nitrogen and oxygen atoms in total. The van der Waals surface area contributed by atoms with E-state index in [4.69, 9.17) is 4.74 Å². The minimum absolute atomic E-state index is 0.0152. The van der Waals surface area contributed by atoms with Gasteiger partial charge in [-0.15, -0.1) is 0 Å². The summed E-state index contributed by atoms with van der Waals surface area (Å²) in [6, 6.07) is 0.0123. The average Bonchev–Trinajstić information content (AvgIpc) is 3.02. The third-order valence-electron chi connectivity index (χ3n) is 4.13. The summed E-state index contributed by atoms with van der Waals surface area (Å²) >= 11 is 0. The van der Waals surface area contributed by atoms with Crippen LogP contribution in [0.3, 0.4) is 0 Å². The molecular weight excluding hydrogens is 284 g/mol. The Kier molecular flexibility index (Phi) is 6.30. The van der Waals surface area contributed by atoms with E-state index in [0.29, 0.717) is 26.2 Å². The van der Waals surface area contributed by atoms with Gasteiger partial charge in [0, 0.05) is 38.8 Å². The fourth-order valence-corrected chi connectivity index (χ4v) is 2.98. The van der Waals surface area contributed by atoms with E-state index in [1.165, 1.54) is 0 Å². The highest BCUT2D eigenvalue weighted by Crippen LogP contribution is 2.12. The Balaban J connectivity index is 1.74. The van der Waals surface area contributed by atoms with Gasteiger partial charge >= 0.3 is 12.1 Å². The van der Waals surface area contributed by atoms with E-state index >= 15 is 0 Å². The fourth-order valence-electron chi connectivity index (χ4n) is 2.98. The van der Waals surface area contributed by atoms with Crippen LogP contribution >= 0.6 is 0 Å². The second-order valence-corrected chi connectivity index (χ2v) is 6.05. The van der Waals surface area contributed by atoms with Gasteiger partial charge in [-0.05, 0) is 33.1 Å². The Morgan fingerprint density at radius 3 is 2.59 bits per heavy atom. The Morgan fingerprint density at radius 1 is 1.18 bits per heavy atom.